The average molecular weight is 219 g/mol. The van der Waals surface area contributed by atoms with Gasteiger partial charge in [-0.1, -0.05) is 0 Å². The highest BCUT2D eigenvalue weighted by Crippen LogP contribution is 2.10. The van der Waals surface area contributed by atoms with Gasteiger partial charge in [0.05, 0.1) is 0 Å². The maximum atomic E-state index is 10.9. The van der Waals surface area contributed by atoms with Crippen molar-refractivity contribution in [3.8, 4) is 0 Å². The maximum absolute atomic E-state index is 10.9. The topological polar surface area (TPSA) is 54.9 Å². The lowest BCUT2D eigenvalue weighted by Gasteiger charge is -1.95. The van der Waals surface area contributed by atoms with Gasteiger partial charge in [-0.2, -0.15) is 0 Å². The summed E-state index contributed by atoms with van der Waals surface area (Å²) in [4.78, 5) is 21.8. The first kappa shape index (κ1) is 8.26. The second-order valence-electron chi connectivity index (χ2n) is 2.22. The fourth-order valence-corrected chi connectivity index (χ4v) is 1.54. The number of carbonyl (C=O) groups is 1. The first-order chi connectivity index (χ1) is 5.04. The molecule has 1 rings (SSSR count). The molecule has 0 saturated carbocycles. The molecule has 0 saturated heterocycles. The van der Waals surface area contributed by atoms with Gasteiger partial charge in [-0.05, 0) is 15.9 Å². The van der Waals surface area contributed by atoms with Gasteiger partial charge >= 0.3 is 0 Å². The molecular formula is C6H7BrN2O2. The molecule has 4 nitrogen and oxygen atoms in total. The Kier molecular flexibility index (Phi) is 1.99. The van der Waals surface area contributed by atoms with Crippen molar-refractivity contribution in [2.24, 2.45) is 7.05 Å². The highest BCUT2D eigenvalue weighted by molar-refractivity contribution is 9.10. The first-order valence-corrected chi connectivity index (χ1v) is 3.78. The number of ketones is 1. The maximum Gasteiger partial charge on any atom is 0.279 e. The molecule has 0 amide bonds. The number of hydrogen-bond acceptors (Lipinski definition) is 2. The number of halogens is 1. The molecule has 1 aromatic heterocycles. The van der Waals surface area contributed by atoms with Crippen molar-refractivity contribution in [2.45, 2.75) is 6.92 Å². The predicted molar refractivity (Wildman–Crippen MR) is 43.7 cm³/mol. The molecule has 5 heteroatoms. The van der Waals surface area contributed by atoms with Crippen molar-refractivity contribution in [3.05, 3.63) is 20.5 Å². The van der Waals surface area contributed by atoms with Crippen LogP contribution < -0.4 is 5.56 Å². The summed E-state index contributed by atoms with van der Waals surface area (Å²) in [5.41, 5.74) is 0.0905. The molecule has 60 valence electrons. The standard InChI is InChI=1S/C6H7BrN2O2/c1-3(10)5-4(7)6(11)8-9(5)2/h1-2H3,(H,8,11). The fourth-order valence-electron chi connectivity index (χ4n) is 0.903. The monoisotopic (exact) mass is 218 g/mol. The van der Waals surface area contributed by atoms with Crippen LogP contribution in [0.25, 0.3) is 0 Å². The molecule has 11 heavy (non-hydrogen) atoms. The summed E-state index contributed by atoms with van der Waals surface area (Å²) in [6.45, 7) is 1.41. The lowest BCUT2D eigenvalue weighted by atomic mass is 10.3. The van der Waals surface area contributed by atoms with Crippen LogP contribution in [0.2, 0.25) is 0 Å². The number of Topliss-reactive ketones (excluding diaryl/α,β-unsaturated/α-hetero) is 1. The molecule has 0 aliphatic carbocycles. The van der Waals surface area contributed by atoms with Crippen molar-refractivity contribution >= 4 is 21.7 Å². The van der Waals surface area contributed by atoms with Gasteiger partial charge in [-0.3, -0.25) is 19.4 Å². The molecule has 1 heterocycles. The van der Waals surface area contributed by atoms with Gasteiger partial charge in [0.1, 0.15) is 10.2 Å². The van der Waals surface area contributed by atoms with E-state index in [9.17, 15) is 9.59 Å². The van der Waals surface area contributed by atoms with E-state index >= 15 is 0 Å². The van der Waals surface area contributed by atoms with Gasteiger partial charge in [0, 0.05) is 14.0 Å². The SMILES string of the molecule is CC(=O)c1c(Br)c(=O)[nH]n1C. The highest BCUT2D eigenvalue weighted by Gasteiger charge is 2.13. The van der Waals surface area contributed by atoms with Crippen molar-refractivity contribution in [2.75, 3.05) is 0 Å². The Balaban J connectivity index is 3.46. The molecule has 0 aliphatic rings. The predicted octanol–water partition coefficient (Wildman–Crippen LogP) is 0.679. The van der Waals surface area contributed by atoms with E-state index in [0.29, 0.717) is 10.2 Å². The van der Waals surface area contributed by atoms with Gasteiger partial charge in [0.15, 0.2) is 5.78 Å². The summed E-state index contributed by atoms with van der Waals surface area (Å²) < 4.78 is 1.70. The van der Waals surface area contributed by atoms with E-state index in [-0.39, 0.29) is 11.3 Å². The molecule has 0 unspecified atom stereocenters. The Hall–Kier alpha value is -0.840. The number of rotatable bonds is 1. The van der Waals surface area contributed by atoms with Gasteiger partial charge in [-0.25, -0.2) is 0 Å². The van der Waals surface area contributed by atoms with Gasteiger partial charge in [0.25, 0.3) is 5.56 Å². The number of nitrogens with zero attached hydrogens (tertiary/aromatic N) is 1. The highest BCUT2D eigenvalue weighted by atomic mass is 79.9. The Bertz CT molecular complexity index is 350. The number of aromatic amines is 1. The van der Waals surface area contributed by atoms with Crippen LogP contribution in [0.4, 0.5) is 0 Å². The molecule has 0 fully saturated rings. The largest absolute Gasteiger partial charge is 0.293 e. The fraction of sp³-hybridized carbons (Fsp3) is 0.333. The minimum atomic E-state index is -0.280. The molecule has 0 aromatic carbocycles. The molecule has 0 radical (unpaired) electrons. The third-order valence-corrected chi connectivity index (χ3v) is 2.08. The van der Waals surface area contributed by atoms with Gasteiger partial charge in [-0.15, -0.1) is 0 Å². The second-order valence-corrected chi connectivity index (χ2v) is 3.01. The smallest absolute Gasteiger partial charge is 0.279 e. The zero-order chi connectivity index (χ0) is 8.59. The first-order valence-electron chi connectivity index (χ1n) is 2.99. The van der Waals surface area contributed by atoms with E-state index in [4.69, 9.17) is 0 Å². The summed E-state index contributed by atoms with van der Waals surface area (Å²) >= 11 is 3.02. The van der Waals surface area contributed by atoms with Gasteiger partial charge < -0.3 is 0 Å². The van der Waals surface area contributed by atoms with Crippen LogP contribution >= 0.6 is 15.9 Å². The van der Waals surface area contributed by atoms with E-state index in [1.807, 2.05) is 0 Å². The molecule has 1 aromatic rings. The molecule has 0 spiro atoms. The van der Waals surface area contributed by atoms with Crippen LogP contribution in [0.15, 0.2) is 9.27 Å². The van der Waals surface area contributed by atoms with Crippen molar-refractivity contribution < 1.29 is 4.79 Å². The van der Waals surface area contributed by atoms with Crippen LogP contribution in [0.3, 0.4) is 0 Å². The zero-order valence-electron chi connectivity index (χ0n) is 6.14. The van der Waals surface area contributed by atoms with Crippen LogP contribution in [-0.2, 0) is 7.05 Å². The number of aryl methyl sites for hydroxylation is 1. The van der Waals surface area contributed by atoms with Crippen LogP contribution in [-0.4, -0.2) is 15.6 Å². The third kappa shape index (κ3) is 1.28. The van der Waals surface area contributed by atoms with Crippen LogP contribution in [0, 0.1) is 0 Å². The van der Waals surface area contributed by atoms with Gasteiger partial charge in [0.2, 0.25) is 0 Å². The van der Waals surface area contributed by atoms with Crippen molar-refractivity contribution in [3.63, 3.8) is 0 Å². The molecule has 0 atom stereocenters. The Morgan fingerprint density at radius 3 is 2.36 bits per heavy atom. The summed E-state index contributed by atoms with van der Waals surface area (Å²) in [5.74, 6) is -0.141. The van der Waals surface area contributed by atoms with E-state index in [1.54, 1.807) is 7.05 Å². The quantitative estimate of drug-likeness (QED) is 0.706. The van der Waals surface area contributed by atoms with Crippen molar-refractivity contribution in [1.29, 1.82) is 0 Å². The zero-order valence-corrected chi connectivity index (χ0v) is 7.73. The lowest BCUT2D eigenvalue weighted by Crippen LogP contribution is -2.03. The minimum absolute atomic E-state index is 0.141. The average Bonchev–Trinajstić information content (AvgIpc) is 2.07. The van der Waals surface area contributed by atoms with Crippen molar-refractivity contribution in [1.82, 2.24) is 9.78 Å². The second kappa shape index (κ2) is 2.65. The number of aromatic nitrogens is 2. The summed E-state index contributed by atoms with van der Waals surface area (Å²) in [5, 5.41) is 2.45. The van der Waals surface area contributed by atoms with E-state index in [1.165, 1.54) is 11.6 Å². The van der Waals surface area contributed by atoms with Crippen LogP contribution in [0.5, 0.6) is 0 Å². The number of carbonyl (C=O) groups excluding carboxylic acids is 1. The Morgan fingerprint density at radius 1 is 1.64 bits per heavy atom. The Morgan fingerprint density at radius 2 is 2.18 bits per heavy atom. The van der Waals surface area contributed by atoms with Crippen LogP contribution in [0.1, 0.15) is 17.4 Å². The van der Waals surface area contributed by atoms with E-state index in [2.05, 4.69) is 21.0 Å². The minimum Gasteiger partial charge on any atom is -0.293 e. The lowest BCUT2D eigenvalue weighted by molar-refractivity contribution is 0.100. The summed E-state index contributed by atoms with van der Waals surface area (Å²) in [6.07, 6.45) is 0. The number of H-pyrrole nitrogens is 1. The molecule has 1 N–H and O–H groups in total. The Labute approximate surface area is 71.3 Å². The molecular weight excluding hydrogens is 212 g/mol. The molecule has 0 aliphatic heterocycles. The normalized spacial score (nSPS) is 10.1. The molecule has 0 bridgehead atoms. The van der Waals surface area contributed by atoms with E-state index < -0.39 is 0 Å². The number of nitrogens with one attached hydrogen (secondary N) is 1. The number of hydrogen-bond donors (Lipinski definition) is 1. The van der Waals surface area contributed by atoms with E-state index in [0.717, 1.165) is 0 Å². The third-order valence-electron chi connectivity index (χ3n) is 1.35. The summed E-state index contributed by atoms with van der Waals surface area (Å²) in [6, 6.07) is 0. The summed E-state index contributed by atoms with van der Waals surface area (Å²) in [7, 11) is 1.61.